The molecule has 0 aromatic carbocycles. The summed E-state index contributed by atoms with van der Waals surface area (Å²) in [6.45, 7) is 9.70. The molecule has 3 N–H and O–H groups in total. The molecule has 5 heteroatoms. The third kappa shape index (κ3) is 6.00. The summed E-state index contributed by atoms with van der Waals surface area (Å²) in [6, 6.07) is -0.675. The van der Waals surface area contributed by atoms with Crippen molar-refractivity contribution in [3.8, 4) is 0 Å². The predicted molar refractivity (Wildman–Crippen MR) is 71.4 cm³/mol. The van der Waals surface area contributed by atoms with Crippen LogP contribution in [0.1, 0.15) is 47.5 Å². The highest BCUT2D eigenvalue weighted by Gasteiger charge is 2.24. The molecule has 0 radical (unpaired) electrons. The van der Waals surface area contributed by atoms with E-state index in [1.807, 2.05) is 34.6 Å². The van der Waals surface area contributed by atoms with Crippen LogP contribution in [0.5, 0.6) is 0 Å². The van der Waals surface area contributed by atoms with Gasteiger partial charge in [0.2, 0.25) is 5.91 Å². The molecule has 1 amide bonds. The van der Waals surface area contributed by atoms with E-state index in [1.165, 1.54) is 0 Å². The summed E-state index contributed by atoms with van der Waals surface area (Å²) in [7, 11) is 0. The molecule has 0 aliphatic heterocycles. The van der Waals surface area contributed by atoms with Gasteiger partial charge in [-0.25, -0.2) is 0 Å². The molecule has 0 spiro atoms. The van der Waals surface area contributed by atoms with Gasteiger partial charge in [0.05, 0.1) is 6.54 Å². The number of carbonyl (C=O) groups excluding carboxylic acids is 1. The van der Waals surface area contributed by atoms with Crippen LogP contribution in [0.25, 0.3) is 0 Å². The molecule has 18 heavy (non-hydrogen) atoms. The lowest BCUT2D eigenvalue weighted by Crippen LogP contribution is -2.50. The Bertz CT molecular complexity index is 290. The summed E-state index contributed by atoms with van der Waals surface area (Å²) in [5, 5.41) is 14.7. The fourth-order valence-corrected chi connectivity index (χ4v) is 1.48. The van der Waals surface area contributed by atoms with Crippen molar-refractivity contribution in [2.75, 3.05) is 6.54 Å². The summed E-state index contributed by atoms with van der Waals surface area (Å²) >= 11 is 0. The van der Waals surface area contributed by atoms with E-state index >= 15 is 0 Å². The van der Waals surface area contributed by atoms with Crippen LogP contribution in [0, 0.1) is 5.92 Å². The molecule has 0 heterocycles. The van der Waals surface area contributed by atoms with Gasteiger partial charge >= 0.3 is 5.97 Å². The van der Waals surface area contributed by atoms with Crippen LogP contribution in [0.4, 0.5) is 0 Å². The molecule has 0 aromatic rings. The third-order valence-corrected chi connectivity index (χ3v) is 3.32. The van der Waals surface area contributed by atoms with Gasteiger partial charge in [-0.05, 0) is 26.2 Å². The van der Waals surface area contributed by atoms with Gasteiger partial charge in [-0.1, -0.05) is 27.2 Å². The molecule has 0 fully saturated rings. The largest absolute Gasteiger partial charge is 0.480 e. The van der Waals surface area contributed by atoms with Crippen molar-refractivity contribution in [1.82, 2.24) is 10.6 Å². The maximum atomic E-state index is 11.7. The molecular weight excluding hydrogens is 232 g/mol. The van der Waals surface area contributed by atoms with Gasteiger partial charge in [-0.15, -0.1) is 0 Å². The average molecular weight is 258 g/mol. The minimum absolute atomic E-state index is 0.00511. The molecule has 0 aromatic heterocycles. The fourth-order valence-electron chi connectivity index (χ4n) is 1.48. The topological polar surface area (TPSA) is 78.4 Å². The summed E-state index contributed by atoms with van der Waals surface area (Å²) in [4.78, 5) is 22.7. The monoisotopic (exact) mass is 258 g/mol. The summed E-state index contributed by atoms with van der Waals surface area (Å²) in [5.74, 6) is -1.09. The standard InChI is InChI=1S/C13H26N2O3/c1-6-9(3)11(12(17)18)14-8-10(16)15-13(4,5)7-2/h9,11,14H,6-8H2,1-5H3,(H,15,16)(H,17,18)/t9-,11-/m0/s1. The SMILES string of the molecule is CC[C@H](C)[C@H](NCC(=O)NC(C)(C)CC)C(=O)O. The van der Waals surface area contributed by atoms with Crippen molar-refractivity contribution in [3.63, 3.8) is 0 Å². The number of hydrogen-bond donors (Lipinski definition) is 3. The first kappa shape index (κ1) is 16.9. The number of carboxylic acids is 1. The van der Waals surface area contributed by atoms with Crippen LogP contribution in [-0.2, 0) is 9.59 Å². The van der Waals surface area contributed by atoms with E-state index in [4.69, 9.17) is 5.11 Å². The highest BCUT2D eigenvalue weighted by molar-refractivity contribution is 5.80. The van der Waals surface area contributed by atoms with E-state index in [-0.39, 0.29) is 23.9 Å². The van der Waals surface area contributed by atoms with Gasteiger partial charge in [0.25, 0.3) is 0 Å². The fraction of sp³-hybridized carbons (Fsp3) is 0.846. The lowest BCUT2D eigenvalue weighted by atomic mass is 9.99. The van der Waals surface area contributed by atoms with Crippen molar-refractivity contribution < 1.29 is 14.7 Å². The molecule has 2 atom stereocenters. The number of carboxylic acid groups (broad SMARTS) is 1. The molecule has 0 saturated carbocycles. The molecule has 106 valence electrons. The van der Waals surface area contributed by atoms with Crippen molar-refractivity contribution in [3.05, 3.63) is 0 Å². The number of nitrogens with one attached hydrogen (secondary N) is 2. The summed E-state index contributed by atoms with van der Waals surface area (Å²) in [5.41, 5.74) is -0.256. The highest BCUT2D eigenvalue weighted by Crippen LogP contribution is 2.08. The van der Waals surface area contributed by atoms with Gasteiger partial charge < -0.3 is 10.4 Å². The second-order valence-electron chi connectivity index (χ2n) is 5.37. The molecule has 0 saturated heterocycles. The van der Waals surface area contributed by atoms with Gasteiger partial charge in [-0.3, -0.25) is 14.9 Å². The molecule has 0 aliphatic carbocycles. The van der Waals surface area contributed by atoms with Crippen LogP contribution in [0.3, 0.4) is 0 Å². The first-order valence-corrected chi connectivity index (χ1v) is 6.50. The second kappa shape index (κ2) is 7.36. The zero-order valence-corrected chi connectivity index (χ0v) is 12.0. The van der Waals surface area contributed by atoms with E-state index in [1.54, 1.807) is 0 Å². The van der Waals surface area contributed by atoms with Crippen LogP contribution in [-0.4, -0.2) is 35.1 Å². The Morgan fingerprint density at radius 3 is 2.22 bits per heavy atom. The Balaban J connectivity index is 4.28. The van der Waals surface area contributed by atoms with Gasteiger partial charge in [0.1, 0.15) is 6.04 Å². The minimum Gasteiger partial charge on any atom is -0.480 e. The van der Waals surface area contributed by atoms with Crippen molar-refractivity contribution >= 4 is 11.9 Å². The number of amides is 1. The summed E-state index contributed by atoms with van der Waals surface area (Å²) in [6.07, 6.45) is 1.58. The second-order valence-corrected chi connectivity index (χ2v) is 5.37. The van der Waals surface area contributed by atoms with Crippen LogP contribution >= 0.6 is 0 Å². The van der Waals surface area contributed by atoms with Crippen molar-refractivity contribution in [2.24, 2.45) is 5.92 Å². The molecule has 0 bridgehead atoms. The number of rotatable bonds is 8. The Morgan fingerprint density at radius 1 is 1.28 bits per heavy atom. The van der Waals surface area contributed by atoms with Gasteiger partial charge in [0.15, 0.2) is 0 Å². The first-order chi connectivity index (χ1) is 8.23. The molecule has 5 nitrogen and oxygen atoms in total. The third-order valence-electron chi connectivity index (χ3n) is 3.32. The van der Waals surface area contributed by atoms with Gasteiger partial charge in [-0.2, -0.15) is 0 Å². The van der Waals surface area contributed by atoms with Crippen LogP contribution in [0.15, 0.2) is 0 Å². The van der Waals surface area contributed by atoms with E-state index < -0.39 is 12.0 Å². The van der Waals surface area contributed by atoms with Crippen molar-refractivity contribution in [2.45, 2.75) is 59.0 Å². The summed E-state index contributed by atoms with van der Waals surface area (Å²) < 4.78 is 0. The Hall–Kier alpha value is -1.10. The Labute approximate surface area is 109 Å². The lowest BCUT2D eigenvalue weighted by molar-refractivity contribution is -0.141. The molecule has 0 rings (SSSR count). The van der Waals surface area contributed by atoms with E-state index in [9.17, 15) is 9.59 Å². The smallest absolute Gasteiger partial charge is 0.320 e. The van der Waals surface area contributed by atoms with Crippen molar-refractivity contribution in [1.29, 1.82) is 0 Å². The van der Waals surface area contributed by atoms with E-state index in [0.717, 1.165) is 12.8 Å². The lowest BCUT2D eigenvalue weighted by Gasteiger charge is -2.26. The maximum Gasteiger partial charge on any atom is 0.320 e. The number of aliphatic carboxylic acids is 1. The average Bonchev–Trinajstić information content (AvgIpc) is 2.27. The predicted octanol–water partition coefficient (Wildman–Crippen LogP) is 1.38. The number of carbonyl (C=O) groups is 2. The maximum absolute atomic E-state index is 11.7. The normalized spacial score (nSPS) is 14.9. The number of hydrogen-bond acceptors (Lipinski definition) is 3. The minimum atomic E-state index is -0.910. The highest BCUT2D eigenvalue weighted by atomic mass is 16.4. The van der Waals surface area contributed by atoms with E-state index in [0.29, 0.717) is 0 Å². The molecular formula is C13H26N2O3. The zero-order chi connectivity index (χ0) is 14.3. The zero-order valence-electron chi connectivity index (χ0n) is 12.0. The van der Waals surface area contributed by atoms with Gasteiger partial charge in [0, 0.05) is 5.54 Å². The molecule has 0 unspecified atom stereocenters. The quantitative estimate of drug-likeness (QED) is 0.614. The van der Waals surface area contributed by atoms with Crippen LogP contribution < -0.4 is 10.6 Å². The Kier molecular flexibility index (Phi) is 6.91. The van der Waals surface area contributed by atoms with Crippen LogP contribution in [0.2, 0.25) is 0 Å². The molecule has 0 aliphatic rings. The first-order valence-electron chi connectivity index (χ1n) is 6.50. The van der Waals surface area contributed by atoms with E-state index in [2.05, 4.69) is 10.6 Å². The Morgan fingerprint density at radius 2 is 1.83 bits per heavy atom.